The van der Waals surface area contributed by atoms with Gasteiger partial charge < -0.3 is 9.88 Å². The molecule has 2 aromatic rings. The Labute approximate surface area is 153 Å². The molecule has 1 heterocycles. The number of hydrogen-bond acceptors (Lipinski definition) is 3. The maximum atomic E-state index is 12.7. The lowest BCUT2D eigenvalue weighted by Gasteiger charge is -2.26. The maximum absolute atomic E-state index is 12.7. The summed E-state index contributed by atoms with van der Waals surface area (Å²) in [5.41, 5.74) is 0.654. The summed E-state index contributed by atoms with van der Waals surface area (Å²) in [5, 5.41) is 3.97. The Hall–Kier alpha value is -1.85. The molecule has 0 fully saturated rings. The van der Waals surface area contributed by atoms with Crippen LogP contribution in [-0.2, 0) is 6.54 Å². The highest BCUT2D eigenvalue weighted by molar-refractivity contribution is 6.31. The number of nitrogens with zero attached hydrogens (tertiary/aromatic N) is 2. The van der Waals surface area contributed by atoms with Crippen LogP contribution in [0.25, 0.3) is 10.9 Å². The first-order valence-electron chi connectivity index (χ1n) is 8.77. The van der Waals surface area contributed by atoms with Crippen LogP contribution in [0.2, 0.25) is 5.02 Å². The van der Waals surface area contributed by atoms with Gasteiger partial charge >= 0.3 is 0 Å². The molecule has 1 atom stereocenters. The average molecular weight is 364 g/mol. The average Bonchev–Trinajstić information content (AvgIpc) is 2.61. The minimum atomic E-state index is -0.331. The van der Waals surface area contributed by atoms with Crippen LogP contribution in [0.4, 0.5) is 0 Å². The van der Waals surface area contributed by atoms with Gasteiger partial charge in [-0.25, -0.2) is 0 Å². The van der Waals surface area contributed by atoms with Crippen molar-refractivity contribution in [3.05, 3.63) is 45.2 Å². The second kappa shape index (κ2) is 8.50. The molecule has 6 heteroatoms. The molecule has 5 nitrogen and oxygen atoms in total. The molecule has 136 valence electrons. The Balaban J connectivity index is 2.31. The minimum absolute atomic E-state index is 0.170. The predicted octanol–water partition coefficient (Wildman–Crippen LogP) is 3.13. The van der Waals surface area contributed by atoms with E-state index in [9.17, 15) is 9.59 Å². The molecule has 2 rings (SSSR count). The fourth-order valence-corrected chi connectivity index (χ4v) is 3.26. The zero-order valence-electron chi connectivity index (χ0n) is 15.3. The van der Waals surface area contributed by atoms with Crippen LogP contribution in [0.5, 0.6) is 0 Å². The summed E-state index contributed by atoms with van der Waals surface area (Å²) in [6, 6.07) is 5.33. The molecule has 1 amide bonds. The Bertz CT molecular complexity index is 812. The highest BCUT2D eigenvalue weighted by atomic mass is 35.5. The molecule has 0 aliphatic carbocycles. The molecule has 0 saturated carbocycles. The lowest BCUT2D eigenvalue weighted by Crippen LogP contribution is -2.42. The van der Waals surface area contributed by atoms with Crippen LogP contribution in [0.3, 0.4) is 0 Å². The van der Waals surface area contributed by atoms with Gasteiger partial charge in [0, 0.05) is 35.7 Å². The standard InChI is InChI=1S/C19H26ClN3O2/c1-5-22(6-2)13(4)11-21-19(25)16-12-23(7-3)17-10-14(20)8-9-15(17)18(16)24/h8-10,12-13H,5-7,11H2,1-4H3,(H,21,25). The lowest BCUT2D eigenvalue weighted by molar-refractivity contribution is 0.0936. The molecule has 0 aliphatic rings. The predicted molar refractivity (Wildman–Crippen MR) is 104 cm³/mol. The third kappa shape index (κ3) is 4.22. The van der Waals surface area contributed by atoms with Gasteiger partial charge in [-0.15, -0.1) is 0 Å². The number of likely N-dealkylation sites (N-methyl/N-ethyl adjacent to an activating group) is 1. The normalized spacial score (nSPS) is 12.6. The van der Waals surface area contributed by atoms with Crippen LogP contribution < -0.4 is 10.7 Å². The van der Waals surface area contributed by atoms with Crippen molar-refractivity contribution >= 4 is 28.4 Å². The van der Waals surface area contributed by atoms with E-state index in [-0.39, 0.29) is 22.9 Å². The molecule has 1 unspecified atom stereocenters. The van der Waals surface area contributed by atoms with Gasteiger partial charge in [0.15, 0.2) is 0 Å². The first kappa shape index (κ1) is 19.5. The lowest BCUT2D eigenvalue weighted by atomic mass is 10.1. The monoisotopic (exact) mass is 363 g/mol. The molecule has 25 heavy (non-hydrogen) atoms. The number of amides is 1. The summed E-state index contributed by atoms with van der Waals surface area (Å²) in [7, 11) is 0. The molecule has 0 radical (unpaired) electrons. The van der Waals surface area contributed by atoms with Crippen LogP contribution in [-0.4, -0.2) is 41.1 Å². The molecule has 1 aromatic carbocycles. The van der Waals surface area contributed by atoms with Gasteiger partial charge in [0.05, 0.1) is 5.52 Å². The summed E-state index contributed by atoms with van der Waals surface area (Å²) in [6.07, 6.45) is 1.62. The third-order valence-corrected chi connectivity index (χ3v) is 4.86. The van der Waals surface area contributed by atoms with Crippen molar-refractivity contribution in [2.75, 3.05) is 19.6 Å². The molecule has 0 aliphatic heterocycles. The van der Waals surface area contributed by atoms with Gasteiger partial charge in [-0.1, -0.05) is 25.4 Å². The van der Waals surface area contributed by atoms with E-state index in [0.717, 1.165) is 18.6 Å². The number of nitrogens with one attached hydrogen (secondary N) is 1. The van der Waals surface area contributed by atoms with Crippen LogP contribution in [0.15, 0.2) is 29.2 Å². The smallest absolute Gasteiger partial charge is 0.256 e. The Morgan fingerprint density at radius 1 is 1.28 bits per heavy atom. The SMILES string of the molecule is CCN(CC)C(C)CNC(=O)c1cn(CC)c2cc(Cl)ccc2c1=O. The largest absolute Gasteiger partial charge is 0.350 e. The van der Waals surface area contributed by atoms with E-state index in [1.165, 1.54) is 0 Å². The Kier molecular flexibility index (Phi) is 6.62. The van der Waals surface area contributed by atoms with Gasteiger partial charge in [0.1, 0.15) is 5.56 Å². The number of pyridine rings is 1. The van der Waals surface area contributed by atoms with Gasteiger partial charge in [-0.05, 0) is 45.1 Å². The van der Waals surface area contributed by atoms with E-state index in [1.807, 2.05) is 11.5 Å². The number of fused-ring (bicyclic) bond motifs is 1. The fraction of sp³-hybridized carbons (Fsp3) is 0.474. The van der Waals surface area contributed by atoms with E-state index in [2.05, 4.69) is 31.0 Å². The summed E-state index contributed by atoms with van der Waals surface area (Å²) in [5.74, 6) is -0.331. The highest BCUT2D eigenvalue weighted by Crippen LogP contribution is 2.18. The first-order chi connectivity index (χ1) is 11.9. The summed E-state index contributed by atoms with van der Waals surface area (Å²) < 4.78 is 1.88. The van der Waals surface area contributed by atoms with Crippen molar-refractivity contribution in [2.45, 2.75) is 40.3 Å². The van der Waals surface area contributed by atoms with E-state index < -0.39 is 0 Å². The van der Waals surface area contributed by atoms with Gasteiger partial charge in [-0.2, -0.15) is 0 Å². The Morgan fingerprint density at radius 2 is 1.96 bits per heavy atom. The number of benzene rings is 1. The van der Waals surface area contributed by atoms with Crippen molar-refractivity contribution in [3.63, 3.8) is 0 Å². The van der Waals surface area contributed by atoms with Crippen LogP contribution >= 0.6 is 11.6 Å². The number of aryl methyl sites for hydroxylation is 1. The van der Waals surface area contributed by atoms with Crippen molar-refractivity contribution < 1.29 is 4.79 Å². The molecular weight excluding hydrogens is 338 g/mol. The van der Waals surface area contributed by atoms with E-state index in [0.29, 0.717) is 23.5 Å². The first-order valence-corrected chi connectivity index (χ1v) is 9.15. The second-order valence-electron chi connectivity index (χ2n) is 6.10. The number of aromatic nitrogens is 1. The number of halogens is 1. The highest BCUT2D eigenvalue weighted by Gasteiger charge is 2.17. The van der Waals surface area contributed by atoms with Crippen LogP contribution in [0.1, 0.15) is 38.1 Å². The van der Waals surface area contributed by atoms with Crippen molar-refractivity contribution in [2.24, 2.45) is 0 Å². The third-order valence-electron chi connectivity index (χ3n) is 4.62. The second-order valence-corrected chi connectivity index (χ2v) is 6.54. The maximum Gasteiger partial charge on any atom is 0.256 e. The van der Waals surface area contributed by atoms with E-state index >= 15 is 0 Å². The molecule has 0 bridgehead atoms. The fourth-order valence-electron chi connectivity index (χ4n) is 3.10. The zero-order chi connectivity index (χ0) is 18.6. The minimum Gasteiger partial charge on any atom is -0.350 e. The summed E-state index contributed by atoms with van der Waals surface area (Å²) >= 11 is 6.04. The molecule has 1 aromatic heterocycles. The Morgan fingerprint density at radius 3 is 2.56 bits per heavy atom. The number of hydrogen-bond donors (Lipinski definition) is 1. The van der Waals surface area contributed by atoms with E-state index in [1.54, 1.807) is 24.4 Å². The number of rotatable bonds is 7. The summed E-state index contributed by atoms with van der Waals surface area (Å²) in [6.45, 7) is 11.2. The molecule has 1 N–H and O–H groups in total. The number of carbonyl (C=O) groups is 1. The van der Waals surface area contributed by atoms with Gasteiger partial charge in [0.2, 0.25) is 5.43 Å². The van der Waals surface area contributed by atoms with Crippen molar-refractivity contribution in [1.82, 2.24) is 14.8 Å². The summed E-state index contributed by atoms with van der Waals surface area (Å²) in [4.78, 5) is 27.5. The van der Waals surface area contributed by atoms with Gasteiger partial charge in [0.25, 0.3) is 5.91 Å². The van der Waals surface area contributed by atoms with Gasteiger partial charge in [-0.3, -0.25) is 14.5 Å². The molecule has 0 spiro atoms. The van der Waals surface area contributed by atoms with Crippen LogP contribution in [0, 0.1) is 0 Å². The van der Waals surface area contributed by atoms with Crippen molar-refractivity contribution in [1.29, 1.82) is 0 Å². The van der Waals surface area contributed by atoms with Crippen molar-refractivity contribution in [3.8, 4) is 0 Å². The topological polar surface area (TPSA) is 54.3 Å². The van der Waals surface area contributed by atoms with E-state index in [4.69, 9.17) is 11.6 Å². The quantitative estimate of drug-likeness (QED) is 0.822. The zero-order valence-corrected chi connectivity index (χ0v) is 16.1. The molecular formula is C19H26ClN3O2. The molecule has 0 saturated heterocycles. The number of carbonyl (C=O) groups excluding carboxylic acids is 1.